The number of thiazole rings is 1. The van der Waals surface area contributed by atoms with Crippen LogP contribution in [0.1, 0.15) is 13.8 Å². The van der Waals surface area contributed by atoms with E-state index in [1.54, 1.807) is 31.5 Å². The summed E-state index contributed by atoms with van der Waals surface area (Å²) in [4.78, 5) is 14.6. The number of hydrogen-bond acceptors (Lipinski definition) is 7. The molecule has 0 saturated heterocycles. The third kappa shape index (κ3) is 5.32. The van der Waals surface area contributed by atoms with Crippen molar-refractivity contribution in [1.82, 2.24) is 15.0 Å². The molecule has 9 heteroatoms. The maximum Gasteiger partial charge on any atom is 0.223 e. The van der Waals surface area contributed by atoms with Crippen LogP contribution in [-0.4, -0.2) is 41.3 Å². The number of ether oxygens (including phenoxy) is 1. The van der Waals surface area contributed by atoms with Crippen molar-refractivity contribution in [1.29, 1.82) is 0 Å². The Balaban J connectivity index is 2.02. The van der Waals surface area contributed by atoms with E-state index in [0.29, 0.717) is 40.9 Å². The summed E-state index contributed by atoms with van der Waals surface area (Å²) in [7, 11) is 1.65. The van der Waals surface area contributed by atoms with Crippen LogP contribution in [0.2, 0.25) is 10.0 Å². The van der Waals surface area contributed by atoms with Crippen molar-refractivity contribution >= 4 is 45.6 Å². The largest absolute Gasteiger partial charge is 0.383 e. The SMILES string of the molecule is COCCNc1nc(-c2cnc(NC(C)C)s2)cc(-c2cc(Cl)ccc2Cl)n1. The van der Waals surface area contributed by atoms with Crippen LogP contribution in [0.15, 0.2) is 30.5 Å². The number of aromatic nitrogens is 3. The van der Waals surface area contributed by atoms with Crippen LogP contribution >= 0.6 is 34.5 Å². The fourth-order valence-corrected chi connectivity index (χ4v) is 3.76. The zero-order valence-electron chi connectivity index (χ0n) is 15.8. The molecule has 148 valence electrons. The minimum absolute atomic E-state index is 0.302. The number of nitrogens with one attached hydrogen (secondary N) is 2. The predicted octanol–water partition coefficient (Wildman–Crippen LogP) is 5.45. The van der Waals surface area contributed by atoms with Gasteiger partial charge in [0.1, 0.15) is 0 Å². The molecule has 0 amide bonds. The number of benzene rings is 1. The summed E-state index contributed by atoms with van der Waals surface area (Å²) >= 11 is 14.1. The molecule has 3 aromatic rings. The van der Waals surface area contributed by atoms with E-state index in [-0.39, 0.29) is 0 Å². The Morgan fingerprint density at radius 2 is 1.93 bits per heavy atom. The second kappa shape index (κ2) is 9.52. The van der Waals surface area contributed by atoms with Crippen molar-refractivity contribution in [3.05, 3.63) is 40.5 Å². The molecule has 2 N–H and O–H groups in total. The average molecular weight is 438 g/mol. The quantitative estimate of drug-likeness (QED) is 0.456. The van der Waals surface area contributed by atoms with E-state index >= 15 is 0 Å². The lowest BCUT2D eigenvalue weighted by molar-refractivity contribution is 0.210. The summed E-state index contributed by atoms with van der Waals surface area (Å²) in [5.74, 6) is 0.493. The number of halogens is 2. The second-order valence-corrected chi connectivity index (χ2v) is 8.21. The molecule has 1 aromatic carbocycles. The van der Waals surface area contributed by atoms with Gasteiger partial charge in [0.15, 0.2) is 5.13 Å². The first-order chi connectivity index (χ1) is 13.5. The third-order valence-corrected chi connectivity index (χ3v) is 5.21. The number of methoxy groups -OCH3 is 1. The van der Waals surface area contributed by atoms with Crippen molar-refractivity contribution in [3.8, 4) is 21.8 Å². The minimum Gasteiger partial charge on any atom is -0.383 e. The van der Waals surface area contributed by atoms with E-state index in [1.807, 2.05) is 6.07 Å². The summed E-state index contributed by atoms with van der Waals surface area (Å²) in [5.41, 5.74) is 2.19. The van der Waals surface area contributed by atoms with Gasteiger partial charge in [-0.15, -0.1) is 0 Å². The molecule has 3 rings (SSSR count). The number of hydrogen-bond donors (Lipinski definition) is 2. The lowest BCUT2D eigenvalue weighted by atomic mass is 10.1. The van der Waals surface area contributed by atoms with Gasteiger partial charge in [0.05, 0.1) is 27.9 Å². The van der Waals surface area contributed by atoms with E-state index in [2.05, 4.69) is 39.4 Å². The van der Waals surface area contributed by atoms with Crippen LogP contribution in [0.4, 0.5) is 11.1 Å². The molecule has 0 aliphatic carbocycles. The first kappa shape index (κ1) is 20.8. The third-order valence-electron chi connectivity index (χ3n) is 3.69. The fraction of sp³-hybridized carbons (Fsp3) is 0.316. The Morgan fingerprint density at radius 3 is 2.68 bits per heavy atom. The maximum atomic E-state index is 6.39. The van der Waals surface area contributed by atoms with Gasteiger partial charge in [-0.3, -0.25) is 0 Å². The first-order valence-corrected chi connectivity index (χ1v) is 10.3. The van der Waals surface area contributed by atoms with Crippen molar-refractivity contribution in [2.75, 3.05) is 30.9 Å². The van der Waals surface area contributed by atoms with Crippen LogP contribution in [0.3, 0.4) is 0 Å². The lowest BCUT2D eigenvalue weighted by Crippen LogP contribution is -2.11. The van der Waals surface area contributed by atoms with E-state index in [1.165, 1.54) is 11.3 Å². The molecule has 2 heterocycles. The topological polar surface area (TPSA) is 72.0 Å². The van der Waals surface area contributed by atoms with Gasteiger partial charge in [0.2, 0.25) is 5.95 Å². The molecular formula is C19H21Cl2N5OS. The molecule has 0 aliphatic heterocycles. The molecule has 0 aliphatic rings. The average Bonchev–Trinajstić information content (AvgIpc) is 3.11. The van der Waals surface area contributed by atoms with Crippen molar-refractivity contribution in [3.63, 3.8) is 0 Å². The summed E-state index contributed by atoms with van der Waals surface area (Å²) in [5, 5.41) is 8.50. The molecule has 0 fully saturated rings. The summed E-state index contributed by atoms with van der Waals surface area (Å²) in [6, 6.07) is 7.51. The van der Waals surface area contributed by atoms with Gasteiger partial charge in [-0.05, 0) is 38.1 Å². The van der Waals surface area contributed by atoms with Crippen LogP contribution in [-0.2, 0) is 4.74 Å². The predicted molar refractivity (Wildman–Crippen MR) is 118 cm³/mol. The maximum absolute atomic E-state index is 6.39. The Hall–Kier alpha value is -1.93. The van der Waals surface area contributed by atoms with Gasteiger partial charge in [-0.2, -0.15) is 0 Å². The zero-order chi connectivity index (χ0) is 20.1. The van der Waals surface area contributed by atoms with Crippen molar-refractivity contribution in [2.24, 2.45) is 0 Å². The molecule has 28 heavy (non-hydrogen) atoms. The van der Waals surface area contributed by atoms with Crippen LogP contribution in [0.5, 0.6) is 0 Å². The standard InChI is InChI=1S/C19H21Cl2N5OS/c1-11(2)24-19-23-10-17(28-19)16-9-15(13-8-12(20)4-5-14(13)21)25-18(26-16)22-6-7-27-3/h4-5,8-11H,6-7H2,1-3H3,(H,23,24)(H,22,25,26). The Bertz CT molecular complexity index is 948. The number of anilines is 2. The molecular weight excluding hydrogens is 417 g/mol. The van der Waals surface area contributed by atoms with Crippen molar-refractivity contribution < 1.29 is 4.74 Å². The zero-order valence-corrected chi connectivity index (χ0v) is 18.1. The highest BCUT2D eigenvalue weighted by molar-refractivity contribution is 7.18. The Labute approximate surface area is 178 Å². The summed E-state index contributed by atoms with van der Waals surface area (Å²) in [6.07, 6.45) is 1.81. The lowest BCUT2D eigenvalue weighted by Gasteiger charge is -2.10. The number of rotatable bonds is 8. The van der Waals surface area contributed by atoms with Gasteiger partial charge in [0.25, 0.3) is 0 Å². The molecule has 0 radical (unpaired) electrons. The molecule has 0 bridgehead atoms. The van der Waals surface area contributed by atoms with E-state index < -0.39 is 0 Å². The molecule has 6 nitrogen and oxygen atoms in total. The molecule has 0 spiro atoms. The monoisotopic (exact) mass is 437 g/mol. The highest BCUT2D eigenvalue weighted by Gasteiger charge is 2.14. The molecule has 2 aromatic heterocycles. The first-order valence-electron chi connectivity index (χ1n) is 8.76. The number of nitrogens with zero attached hydrogens (tertiary/aromatic N) is 3. The highest BCUT2D eigenvalue weighted by Crippen LogP contribution is 2.34. The van der Waals surface area contributed by atoms with Crippen LogP contribution in [0.25, 0.3) is 21.8 Å². The second-order valence-electron chi connectivity index (χ2n) is 6.33. The van der Waals surface area contributed by atoms with Gasteiger partial charge < -0.3 is 15.4 Å². The normalized spacial score (nSPS) is 11.1. The van der Waals surface area contributed by atoms with E-state index in [9.17, 15) is 0 Å². The summed E-state index contributed by atoms with van der Waals surface area (Å²) < 4.78 is 5.10. The van der Waals surface area contributed by atoms with E-state index in [0.717, 1.165) is 21.3 Å². The van der Waals surface area contributed by atoms with Crippen LogP contribution in [0, 0.1) is 0 Å². The fourth-order valence-electron chi connectivity index (χ4n) is 2.46. The Kier molecular flexibility index (Phi) is 7.07. The summed E-state index contributed by atoms with van der Waals surface area (Å²) in [6.45, 7) is 5.28. The van der Waals surface area contributed by atoms with Crippen molar-refractivity contribution in [2.45, 2.75) is 19.9 Å². The van der Waals surface area contributed by atoms with Gasteiger partial charge in [-0.1, -0.05) is 34.5 Å². The van der Waals surface area contributed by atoms with Gasteiger partial charge in [0, 0.05) is 36.5 Å². The van der Waals surface area contributed by atoms with Crippen LogP contribution < -0.4 is 10.6 Å². The smallest absolute Gasteiger partial charge is 0.223 e. The Morgan fingerprint density at radius 1 is 1.14 bits per heavy atom. The molecule has 0 saturated carbocycles. The molecule has 0 unspecified atom stereocenters. The van der Waals surface area contributed by atoms with Gasteiger partial charge in [-0.25, -0.2) is 15.0 Å². The van der Waals surface area contributed by atoms with Gasteiger partial charge >= 0.3 is 0 Å². The molecule has 0 atom stereocenters. The highest BCUT2D eigenvalue weighted by atomic mass is 35.5. The minimum atomic E-state index is 0.302. The van der Waals surface area contributed by atoms with E-state index in [4.69, 9.17) is 27.9 Å².